The highest BCUT2D eigenvalue weighted by molar-refractivity contribution is 7.89. The lowest BCUT2D eigenvalue weighted by molar-refractivity contribution is 0.0963. The summed E-state index contributed by atoms with van der Waals surface area (Å²) < 4.78 is 24.4. The molecule has 0 aliphatic rings. The molecule has 1 aromatic rings. The summed E-state index contributed by atoms with van der Waals surface area (Å²) in [6.07, 6.45) is 0. The van der Waals surface area contributed by atoms with E-state index in [4.69, 9.17) is 5.73 Å². The molecule has 0 aliphatic heterocycles. The molecule has 1 rings (SSSR count). The van der Waals surface area contributed by atoms with Gasteiger partial charge in [-0.1, -0.05) is 0 Å². The Kier molecular flexibility index (Phi) is 5.34. The van der Waals surface area contributed by atoms with Crippen molar-refractivity contribution in [2.45, 2.75) is 0 Å². The van der Waals surface area contributed by atoms with E-state index in [0.29, 0.717) is 16.9 Å². The Morgan fingerprint density at radius 3 is 2.50 bits per heavy atom. The quantitative estimate of drug-likeness (QED) is 0.638. The SMILES string of the molecule is CNC(=O)c1ccc(NCCS(=O)(=O)N(C)C)c(N)c1. The molecule has 0 heterocycles. The Hall–Kier alpha value is -1.80. The molecule has 0 aromatic heterocycles. The third kappa shape index (κ3) is 4.10. The minimum atomic E-state index is -3.24. The summed E-state index contributed by atoms with van der Waals surface area (Å²) in [6, 6.07) is 4.82. The fourth-order valence-electron chi connectivity index (χ4n) is 1.51. The molecule has 20 heavy (non-hydrogen) atoms. The van der Waals surface area contributed by atoms with Gasteiger partial charge in [0.25, 0.3) is 5.91 Å². The summed E-state index contributed by atoms with van der Waals surface area (Å²) in [5, 5.41) is 5.45. The van der Waals surface area contributed by atoms with Crippen molar-refractivity contribution < 1.29 is 13.2 Å². The van der Waals surface area contributed by atoms with E-state index in [1.807, 2.05) is 0 Å². The number of rotatable bonds is 6. The van der Waals surface area contributed by atoms with Crippen LogP contribution in [0, 0.1) is 0 Å². The number of carbonyl (C=O) groups is 1. The average molecular weight is 300 g/mol. The van der Waals surface area contributed by atoms with Gasteiger partial charge in [-0.2, -0.15) is 0 Å². The van der Waals surface area contributed by atoms with Crippen LogP contribution in [0.4, 0.5) is 11.4 Å². The first-order chi connectivity index (χ1) is 9.27. The van der Waals surface area contributed by atoms with Crippen LogP contribution >= 0.6 is 0 Å². The smallest absolute Gasteiger partial charge is 0.251 e. The van der Waals surface area contributed by atoms with Crippen molar-refractivity contribution in [3.63, 3.8) is 0 Å². The van der Waals surface area contributed by atoms with E-state index in [1.165, 1.54) is 25.4 Å². The number of nitrogens with two attached hydrogens (primary N) is 1. The Balaban J connectivity index is 2.69. The van der Waals surface area contributed by atoms with E-state index in [0.717, 1.165) is 0 Å². The fraction of sp³-hybridized carbons (Fsp3) is 0.417. The van der Waals surface area contributed by atoms with Crippen molar-refractivity contribution in [1.82, 2.24) is 9.62 Å². The third-order valence-electron chi connectivity index (χ3n) is 2.77. The largest absolute Gasteiger partial charge is 0.397 e. The molecule has 7 nitrogen and oxygen atoms in total. The van der Waals surface area contributed by atoms with Gasteiger partial charge in [-0.15, -0.1) is 0 Å². The lowest BCUT2D eigenvalue weighted by atomic mass is 10.1. The molecule has 0 saturated heterocycles. The van der Waals surface area contributed by atoms with Gasteiger partial charge in [0.15, 0.2) is 0 Å². The molecule has 0 fully saturated rings. The maximum absolute atomic E-state index is 11.6. The van der Waals surface area contributed by atoms with Crippen LogP contribution in [0.25, 0.3) is 0 Å². The zero-order chi connectivity index (χ0) is 15.3. The molecule has 112 valence electrons. The molecule has 1 aromatic carbocycles. The summed E-state index contributed by atoms with van der Waals surface area (Å²) in [7, 11) is 1.27. The van der Waals surface area contributed by atoms with Crippen LogP contribution in [0.3, 0.4) is 0 Å². The molecule has 0 bridgehead atoms. The minimum Gasteiger partial charge on any atom is -0.397 e. The second-order valence-corrected chi connectivity index (χ2v) is 6.71. The molecule has 0 saturated carbocycles. The van der Waals surface area contributed by atoms with E-state index in [9.17, 15) is 13.2 Å². The van der Waals surface area contributed by atoms with Gasteiger partial charge in [-0.25, -0.2) is 12.7 Å². The maximum Gasteiger partial charge on any atom is 0.251 e. The molecular formula is C12H20N4O3S. The van der Waals surface area contributed by atoms with E-state index in [1.54, 1.807) is 18.2 Å². The van der Waals surface area contributed by atoms with E-state index >= 15 is 0 Å². The Morgan fingerprint density at radius 1 is 1.35 bits per heavy atom. The second-order valence-electron chi connectivity index (χ2n) is 4.41. The Bertz CT molecular complexity index is 584. The number of nitrogen functional groups attached to an aromatic ring is 1. The van der Waals surface area contributed by atoms with Gasteiger partial charge in [0, 0.05) is 33.3 Å². The number of nitrogens with zero attached hydrogens (tertiary/aromatic N) is 1. The molecule has 0 atom stereocenters. The number of anilines is 2. The first kappa shape index (κ1) is 16.3. The monoisotopic (exact) mass is 300 g/mol. The van der Waals surface area contributed by atoms with Gasteiger partial charge in [-0.3, -0.25) is 4.79 Å². The molecule has 0 aliphatic carbocycles. The third-order valence-corrected chi connectivity index (χ3v) is 4.61. The predicted octanol–water partition coefficient (Wildman–Crippen LogP) is -0.0683. The summed E-state index contributed by atoms with van der Waals surface area (Å²) >= 11 is 0. The zero-order valence-electron chi connectivity index (χ0n) is 11.8. The molecule has 0 unspecified atom stereocenters. The van der Waals surface area contributed by atoms with Crippen LogP contribution in [0.2, 0.25) is 0 Å². The standard InChI is InChI=1S/C12H20N4O3S/c1-14-12(17)9-4-5-11(10(13)8-9)15-6-7-20(18,19)16(2)3/h4-5,8,15H,6-7,13H2,1-3H3,(H,14,17). The number of benzene rings is 1. The lowest BCUT2D eigenvalue weighted by Gasteiger charge is -2.13. The van der Waals surface area contributed by atoms with Crippen molar-refractivity contribution in [2.24, 2.45) is 0 Å². The van der Waals surface area contributed by atoms with Gasteiger partial charge in [0.1, 0.15) is 0 Å². The number of amides is 1. The number of hydrogen-bond donors (Lipinski definition) is 3. The Morgan fingerprint density at radius 2 is 2.00 bits per heavy atom. The molecular weight excluding hydrogens is 280 g/mol. The van der Waals surface area contributed by atoms with Gasteiger partial charge in [-0.05, 0) is 18.2 Å². The van der Waals surface area contributed by atoms with Gasteiger partial charge in [0.2, 0.25) is 10.0 Å². The van der Waals surface area contributed by atoms with E-state index in [-0.39, 0.29) is 18.2 Å². The van der Waals surface area contributed by atoms with Crippen molar-refractivity contribution in [3.05, 3.63) is 23.8 Å². The van der Waals surface area contributed by atoms with Crippen molar-refractivity contribution in [3.8, 4) is 0 Å². The van der Waals surface area contributed by atoms with Gasteiger partial charge < -0.3 is 16.4 Å². The zero-order valence-corrected chi connectivity index (χ0v) is 12.6. The van der Waals surface area contributed by atoms with Crippen LogP contribution in [0.5, 0.6) is 0 Å². The van der Waals surface area contributed by atoms with Crippen LogP contribution in [0.1, 0.15) is 10.4 Å². The van der Waals surface area contributed by atoms with Crippen LogP contribution in [-0.4, -0.2) is 52.1 Å². The van der Waals surface area contributed by atoms with Crippen molar-refractivity contribution in [1.29, 1.82) is 0 Å². The average Bonchev–Trinajstić information content (AvgIpc) is 2.39. The van der Waals surface area contributed by atoms with E-state index in [2.05, 4.69) is 10.6 Å². The topological polar surface area (TPSA) is 105 Å². The summed E-state index contributed by atoms with van der Waals surface area (Å²) in [5.41, 5.74) is 7.28. The summed E-state index contributed by atoms with van der Waals surface area (Å²) in [4.78, 5) is 11.4. The van der Waals surface area contributed by atoms with Crippen LogP contribution in [0.15, 0.2) is 18.2 Å². The normalized spacial score (nSPS) is 11.4. The maximum atomic E-state index is 11.6. The molecule has 1 amide bonds. The summed E-state index contributed by atoms with van der Waals surface area (Å²) in [5.74, 6) is -0.255. The predicted molar refractivity (Wildman–Crippen MR) is 80.2 cm³/mol. The van der Waals surface area contributed by atoms with Crippen LogP contribution in [-0.2, 0) is 10.0 Å². The van der Waals surface area contributed by atoms with Gasteiger partial charge >= 0.3 is 0 Å². The van der Waals surface area contributed by atoms with Crippen molar-refractivity contribution in [2.75, 3.05) is 44.5 Å². The highest BCUT2D eigenvalue weighted by Gasteiger charge is 2.13. The number of nitrogens with one attached hydrogen (secondary N) is 2. The first-order valence-corrected chi connectivity index (χ1v) is 7.64. The highest BCUT2D eigenvalue weighted by Crippen LogP contribution is 2.19. The molecule has 0 spiro atoms. The van der Waals surface area contributed by atoms with Crippen molar-refractivity contribution >= 4 is 27.3 Å². The highest BCUT2D eigenvalue weighted by atomic mass is 32.2. The number of sulfonamides is 1. The first-order valence-electron chi connectivity index (χ1n) is 6.03. The molecule has 8 heteroatoms. The van der Waals surface area contributed by atoms with E-state index < -0.39 is 10.0 Å². The summed E-state index contributed by atoms with van der Waals surface area (Å²) in [6.45, 7) is 0.240. The molecule has 0 radical (unpaired) electrons. The lowest BCUT2D eigenvalue weighted by Crippen LogP contribution is -2.28. The Labute approximate surface area is 119 Å². The van der Waals surface area contributed by atoms with Gasteiger partial charge in [0.05, 0.1) is 17.1 Å². The van der Waals surface area contributed by atoms with Crippen LogP contribution < -0.4 is 16.4 Å². The molecule has 4 N–H and O–H groups in total. The number of carbonyl (C=O) groups excluding carboxylic acids is 1. The fourth-order valence-corrected chi connectivity index (χ4v) is 2.23. The number of hydrogen-bond acceptors (Lipinski definition) is 5. The second kappa shape index (κ2) is 6.58. The minimum absolute atomic E-state index is 0.0311.